The number of benzene rings is 2. The first-order chi connectivity index (χ1) is 16.6. The normalized spacial score (nSPS) is 20.2. The molecule has 1 unspecified atom stereocenters. The maximum atomic E-state index is 13.1. The molecule has 0 saturated carbocycles. The van der Waals surface area contributed by atoms with Crippen LogP contribution in [0.4, 0.5) is 5.82 Å². The molecule has 5 rings (SSSR count). The molecule has 0 radical (unpaired) electrons. The van der Waals surface area contributed by atoms with Crippen LogP contribution in [0, 0.1) is 0 Å². The van der Waals surface area contributed by atoms with Gasteiger partial charge < -0.3 is 20.2 Å². The molecule has 3 heterocycles. The SMILES string of the molecule is O=C(c1ccc(N2CCNC(c3ccccc3)C2)nc1)N1CCC(O)(Cc2ccccc2)CC1. The number of carbonyl (C=O) groups is 1. The van der Waals surface area contributed by atoms with Crippen molar-refractivity contribution in [1.29, 1.82) is 0 Å². The summed E-state index contributed by atoms with van der Waals surface area (Å²) in [4.78, 5) is 21.8. The summed E-state index contributed by atoms with van der Waals surface area (Å²) in [6, 6.07) is 24.6. The minimum atomic E-state index is -0.752. The summed E-state index contributed by atoms with van der Waals surface area (Å²) >= 11 is 0. The lowest BCUT2D eigenvalue weighted by atomic mass is 9.85. The second-order valence-electron chi connectivity index (χ2n) is 9.45. The molecule has 34 heavy (non-hydrogen) atoms. The molecule has 6 heteroatoms. The van der Waals surface area contributed by atoms with Gasteiger partial charge in [-0.05, 0) is 36.1 Å². The number of anilines is 1. The number of piperidine rings is 1. The highest BCUT2D eigenvalue weighted by Gasteiger charge is 2.34. The van der Waals surface area contributed by atoms with Gasteiger partial charge in [0.05, 0.1) is 11.2 Å². The first-order valence-electron chi connectivity index (χ1n) is 12.1. The van der Waals surface area contributed by atoms with E-state index in [9.17, 15) is 9.90 Å². The van der Waals surface area contributed by atoms with Gasteiger partial charge in [-0.1, -0.05) is 60.7 Å². The Morgan fingerprint density at radius 2 is 1.68 bits per heavy atom. The third-order valence-corrected chi connectivity index (χ3v) is 7.05. The van der Waals surface area contributed by atoms with Gasteiger partial charge in [-0.15, -0.1) is 0 Å². The fourth-order valence-electron chi connectivity index (χ4n) is 5.03. The molecule has 1 amide bonds. The minimum Gasteiger partial charge on any atom is -0.389 e. The summed E-state index contributed by atoms with van der Waals surface area (Å²) in [7, 11) is 0. The predicted molar refractivity (Wildman–Crippen MR) is 134 cm³/mol. The quantitative estimate of drug-likeness (QED) is 0.616. The van der Waals surface area contributed by atoms with Crippen LogP contribution < -0.4 is 10.2 Å². The van der Waals surface area contributed by atoms with E-state index in [-0.39, 0.29) is 11.9 Å². The number of aliphatic hydroxyl groups is 1. The number of hydrogen-bond donors (Lipinski definition) is 2. The molecule has 1 aromatic heterocycles. The zero-order valence-corrected chi connectivity index (χ0v) is 19.4. The number of piperazine rings is 1. The number of amides is 1. The van der Waals surface area contributed by atoms with Gasteiger partial charge in [0, 0.05) is 51.4 Å². The lowest BCUT2D eigenvalue weighted by Crippen LogP contribution is -2.47. The van der Waals surface area contributed by atoms with E-state index in [0.717, 1.165) is 31.0 Å². The van der Waals surface area contributed by atoms with Gasteiger partial charge in [0.25, 0.3) is 5.91 Å². The molecule has 0 spiro atoms. The second kappa shape index (κ2) is 9.95. The number of nitrogens with one attached hydrogen (secondary N) is 1. The zero-order chi connectivity index (χ0) is 23.4. The highest BCUT2D eigenvalue weighted by Crippen LogP contribution is 2.27. The van der Waals surface area contributed by atoms with Crippen molar-refractivity contribution < 1.29 is 9.90 Å². The maximum Gasteiger partial charge on any atom is 0.255 e. The van der Waals surface area contributed by atoms with E-state index in [0.29, 0.717) is 37.9 Å². The Bertz CT molecular complexity index is 1080. The van der Waals surface area contributed by atoms with Gasteiger partial charge in [-0.3, -0.25) is 4.79 Å². The van der Waals surface area contributed by atoms with Crippen LogP contribution in [0.5, 0.6) is 0 Å². The minimum absolute atomic E-state index is 0.0108. The smallest absolute Gasteiger partial charge is 0.255 e. The van der Waals surface area contributed by atoms with Crippen molar-refractivity contribution in [3.05, 3.63) is 95.7 Å². The molecule has 3 aromatic rings. The van der Waals surface area contributed by atoms with Crippen LogP contribution in [0.15, 0.2) is 79.0 Å². The molecule has 176 valence electrons. The molecule has 0 bridgehead atoms. The number of rotatable bonds is 5. The van der Waals surface area contributed by atoms with Crippen molar-refractivity contribution in [3.63, 3.8) is 0 Å². The summed E-state index contributed by atoms with van der Waals surface area (Å²) in [6.07, 6.45) is 3.49. The third kappa shape index (κ3) is 5.13. The van der Waals surface area contributed by atoms with Crippen molar-refractivity contribution in [3.8, 4) is 0 Å². The number of nitrogens with zero attached hydrogens (tertiary/aromatic N) is 3. The fraction of sp³-hybridized carbons (Fsp3) is 0.357. The highest BCUT2D eigenvalue weighted by molar-refractivity contribution is 5.94. The van der Waals surface area contributed by atoms with Crippen molar-refractivity contribution in [2.24, 2.45) is 0 Å². The molecule has 0 aliphatic carbocycles. The average molecular weight is 457 g/mol. The van der Waals surface area contributed by atoms with Gasteiger partial charge in [-0.2, -0.15) is 0 Å². The van der Waals surface area contributed by atoms with Crippen LogP contribution in [0.2, 0.25) is 0 Å². The number of pyridine rings is 1. The molecule has 2 N–H and O–H groups in total. The second-order valence-corrected chi connectivity index (χ2v) is 9.45. The molecular weight excluding hydrogens is 424 g/mol. The Balaban J connectivity index is 1.18. The van der Waals surface area contributed by atoms with Crippen LogP contribution in [-0.2, 0) is 6.42 Å². The highest BCUT2D eigenvalue weighted by atomic mass is 16.3. The van der Waals surface area contributed by atoms with Crippen molar-refractivity contribution in [2.75, 3.05) is 37.6 Å². The molecule has 2 saturated heterocycles. The Labute approximate surface area is 201 Å². The topological polar surface area (TPSA) is 68.7 Å². The van der Waals surface area contributed by atoms with Crippen LogP contribution >= 0.6 is 0 Å². The first kappa shape index (κ1) is 22.6. The Kier molecular flexibility index (Phi) is 6.61. The van der Waals surface area contributed by atoms with Crippen LogP contribution in [0.1, 0.15) is 40.4 Å². The Morgan fingerprint density at radius 1 is 0.971 bits per heavy atom. The summed E-state index contributed by atoms with van der Waals surface area (Å²) in [5.41, 5.74) is 2.26. The molecule has 2 aliphatic heterocycles. The molecule has 2 aromatic carbocycles. The molecule has 6 nitrogen and oxygen atoms in total. The maximum absolute atomic E-state index is 13.1. The number of likely N-dealkylation sites (tertiary alicyclic amines) is 1. The number of aromatic nitrogens is 1. The van der Waals surface area contributed by atoms with Gasteiger partial charge in [-0.25, -0.2) is 4.98 Å². The van der Waals surface area contributed by atoms with Gasteiger partial charge in [0.2, 0.25) is 0 Å². The predicted octanol–water partition coefficient (Wildman–Crippen LogP) is 3.44. The summed E-state index contributed by atoms with van der Waals surface area (Å²) in [5, 5.41) is 14.6. The third-order valence-electron chi connectivity index (χ3n) is 7.05. The van der Waals surface area contributed by atoms with Gasteiger partial charge >= 0.3 is 0 Å². The number of hydrogen-bond acceptors (Lipinski definition) is 5. The lowest BCUT2D eigenvalue weighted by molar-refractivity contribution is -0.0162. The van der Waals surface area contributed by atoms with Crippen molar-refractivity contribution in [2.45, 2.75) is 30.9 Å². The van der Waals surface area contributed by atoms with Crippen molar-refractivity contribution >= 4 is 11.7 Å². The van der Waals surface area contributed by atoms with Crippen LogP contribution in [-0.4, -0.2) is 59.2 Å². The van der Waals surface area contributed by atoms with E-state index in [4.69, 9.17) is 0 Å². The monoisotopic (exact) mass is 456 g/mol. The average Bonchev–Trinajstić information content (AvgIpc) is 2.90. The molecule has 2 aliphatic rings. The first-order valence-corrected chi connectivity index (χ1v) is 12.1. The number of carbonyl (C=O) groups excluding carboxylic acids is 1. The fourth-order valence-corrected chi connectivity index (χ4v) is 5.03. The zero-order valence-electron chi connectivity index (χ0n) is 19.4. The van der Waals surface area contributed by atoms with Gasteiger partial charge in [0.1, 0.15) is 5.82 Å². The largest absolute Gasteiger partial charge is 0.389 e. The molecular formula is C28H32N4O2. The van der Waals surface area contributed by atoms with Gasteiger partial charge in [0.15, 0.2) is 0 Å². The van der Waals surface area contributed by atoms with E-state index >= 15 is 0 Å². The van der Waals surface area contributed by atoms with E-state index in [1.54, 1.807) is 6.20 Å². The summed E-state index contributed by atoms with van der Waals surface area (Å²) in [5.74, 6) is 0.887. The standard InChI is InChI=1S/C28H32N4O2/c33-27(31-16-13-28(34,14-17-31)19-22-7-3-1-4-8-22)24-11-12-26(30-20-24)32-18-15-29-25(21-32)23-9-5-2-6-10-23/h1-12,20,25,29,34H,13-19,21H2. The van der Waals surface area contributed by atoms with Crippen molar-refractivity contribution in [1.82, 2.24) is 15.2 Å². The molecule has 2 fully saturated rings. The van der Waals surface area contributed by atoms with E-state index < -0.39 is 5.60 Å². The lowest BCUT2D eigenvalue weighted by Gasteiger charge is -2.38. The van der Waals surface area contributed by atoms with Crippen LogP contribution in [0.3, 0.4) is 0 Å². The van der Waals surface area contributed by atoms with E-state index in [2.05, 4.69) is 39.5 Å². The summed E-state index contributed by atoms with van der Waals surface area (Å²) < 4.78 is 0. The van der Waals surface area contributed by atoms with Crippen LogP contribution in [0.25, 0.3) is 0 Å². The Hall–Kier alpha value is -3.22. The van der Waals surface area contributed by atoms with E-state index in [1.165, 1.54) is 5.56 Å². The van der Waals surface area contributed by atoms with E-state index in [1.807, 2.05) is 53.4 Å². The Morgan fingerprint density at radius 3 is 2.35 bits per heavy atom. The molecule has 1 atom stereocenters. The summed E-state index contributed by atoms with van der Waals surface area (Å²) in [6.45, 7) is 3.73.